The molecule has 140 heavy (non-hydrogen) atoms. The van der Waals surface area contributed by atoms with Crippen LogP contribution in [0.5, 0.6) is 0 Å². The molecule has 13 heteroatoms. The molecule has 12 nitrogen and oxygen atoms in total. The minimum atomic E-state index is 0. The van der Waals surface area contributed by atoms with Crippen LogP contribution in [-0.4, -0.2) is 53.2 Å². The summed E-state index contributed by atoms with van der Waals surface area (Å²) in [6, 6.07) is 167. The van der Waals surface area contributed by atoms with Crippen LogP contribution in [0.3, 0.4) is 0 Å². The summed E-state index contributed by atoms with van der Waals surface area (Å²) in [5.41, 5.74) is 28.3. The van der Waals surface area contributed by atoms with E-state index in [1.165, 1.54) is 85.6 Å². The maximum absolute atomic E-state index is 6.46. The standard InChI is InChI=1S/C46H30N4.C40H25N3S.C39H24N4O.2CH4/c1-4-14-31(15-5-1)40-29-41(32-16-6-2-7-17-32)48-46(47-40)33-24-26-35(27-25-33)50-43-23-13-11-21-37(43)39-28-38-36-20-10-12-22-42(36)49(44(38)30-45(39)50)34-18-8-3-9-19-34;1-3-11-26(12-4-1)34-24-35(27-13-5-2-6-14-27)42-40(41-34)28-19-21-29(22-20-28)43-36-17-9-7-15-30(36)32-23-33-31-16-8-10-18-38(31)44-39(33)25-37(32)43;1-3-11-25(12-4-1)37-40-38(26-13-5-2-6-14-26)42-39(41-37)27-19-21-28(22-20-27)43-32-17-9-7-16-31(32)35-33(43)24-23-30-29-15-8-10-18-34(29)44-36(30)35;;/h1-30H;1-25H;1-24H;2*1H4. The maximum Gasteiger partial charge on any atom is 0.164 e. The number of nitrogens with zero attached hydrogens (tertiary/aromatic N) is 11. The molecule has 0 amide bonds. The van der Waals surface area contributed by atoms with Crippen LogP contribution in [0.2, 0.25) is 0 Å². The fraction of sp³-hybridized carbons (Fsp3) is 0.0157. The average Bonchev–Trinajstić information content (AvgIpc) is 1.56. The van der Waals surface area contributed by atoms with Crippen molar-refractivity contribution in [3.8, 4) is 125 Å². The molecule has 0 aliphatic carbocycles. The summed E-state index contributed by atoms with van der Waals surface area (Å²) < 4.78 is 18.5. The number of aromatic nitrogens is 11. The van der Waals surface area contributed by atoms with Gasteiger partial charge in [0.05, 0.1) is 72.3 Å². The topological polar surface area (TPSA) is 123 Å². The molecule has 9 aromatic heterocycles. The number of furan rings is 1. The average molecular weight is 1820 g/mol. The molecule has 662 valence electrons. The monoisotopic (exact) mass is 1810 g/mol. The van der Waals surface area contributed by atoms with Crippen LogP contribution in [-0.2, 0) is 0 Å². The van der Waals surface area contributed by atoms with E-state index in [1.807, 2.05) is 157 Å². The van der Waals surface area contributed by atoms with Gasteiger partial charge in [-0.05, 0) is 170 Å². The smallest absolute Gasteiger partial charge is 0.164 e. The third-order valence-corrected chi connectivity index (χ3v) is 27.5. The molecule has 0 atom stereocenters. The van der Waals surface area contributed by atoms with Gasteiger partial charge in [-0.25, -0.2) is 34.9 Å². The van der Waals surface area contributed by atoms with E-state index in [4.69, 9.17) is 39.3 Å². The molecule has 9 heterocycles. The number of benzene rings is 19. The molecule has 0 radical (unpaired) electrons. The van der Waals surface area contributed by atoms with E-state index in [1.54, 1.807) is 0 Å². The van der Waals surface area contributed by atoms with Crippen molar-refractivity contribution in [3.63, 3.8) is 0 Å². The Morgan fingerprint density at radius 1 is 0.171 bits per heavy atom. The van der Waals surface area contributed by atoms with Gasteiger partial charge in [0.1, 0.15) is 11.2 Å². The first-order valence-electron chi connectivity index (χ1n) is 46.3. The zero-order valence-corrected chi connectivity index (χ0v) is 75.2. The first kappa shape index (κ1) is 84.6. The molecule has 0 unspecified atom stereocenters. The predicted molar refractivity (Wildman–Crippen MR) is 584 cm³/mol. The first-order valence-corrected chi connectivity index (χ1v) is 47.1. The SMILES string of the molecule is C.C.c1ccc(-c2cc(-c3ccccc3)nc(-c3ccc(-n4c5ccccc5c5cc6c(cc54)sc4ccccc46)cc3)n2)cc1.c1ccc(-c2cc(-c3ccccc3)nc(-c3ccc(-n4c5ccccc5c5cc6c7ccccc7n(-c7ccccc7)c6cc54)cc3)n2)cc1.c1ccc(-c2nc(-c3ccccc3)nc(-c3ccc(-n4c5ccccc5c5c6oc7ccccc7c6ccc54)cc3)n2)cc1. The third-order valence-electron chi connectivity index (χ3n) is 26.4. The van der Waals surface area contributed by atoms with Gasteiger partial charge >= 0.3 is 0 Å². The Kier molecular flexibility index (Phi) is 21.6. The van der Waals surface area contributed by atoms with Crippen molar-refractivity contribution in [2.75, 3.05) is 0 Å². The Morgan fingerprint density at radius 2 is 0.464 bits per heavy atom. The highest BCUT2D eigenvalue weighted by molar-refractivity contribution is 7.25. The van der Waals surface area contributed by atoms with E-state index in [0.29, 0.717) is 29.1 Å². The second-order valence-electron chi connectivity index (χ2n) is 34.6. The van der Waals surface area contributed by atoms with Gasteiger partial charge in [0.25, 0.3) is 0 Å². The Hall–Kier alpha value is -18.4. The van der Waals surface area contributed by atoms with Crippen LogP contribution in [0, 0.1) is 0 Å². The molecular formula is C127H87N11OS. The molecule has 0 bridgehead atoms. The van der Waals surface area contributed by atoms with Gasteiger partial charge in [0.2, 0.25) is 0 Å². The van der Waals surface area contributed by atoms with Crippen molar-refractivity contribution in [1.82, 2.24) is 53.2 Å². The number of rotatable bonds is 13. The molecule has 0 aliphatic rings. The summed E-state index contributed by atoms with van der Waals surface area (Å²) in [4.78, 5) is 34.8. The lowest BCUT2D eigenvalue weighted by Crippen LogP contribution is -2.00. The molecule has 0 aliphatic heterocycles. The van der Waals surface area contributed by atoms with E-state index in [0.717, 1.165) is 139 Å². The highest BCUT2D eigenvalue weighted by atomic mass is 32.1. The number of hydrogen-bond acceptors (Lipinski definition) is 9. The van der Waals surface area contributed by atoms with E-state index in [2.05, 4.69) is 352 Å². The lowest BCUT2D eigenvalue weighted by atomic mass is 10.1. The van der Waals surface area contributed by atoms with Gasteiger partial charge in [0.15, 0.2) is 29.1 Å². The summed E-state index contributed by atoms with van der Waals surface area (Å²) in [6.45, 7) is 0. The van der Waals surface area contributed by atoms with Gasteiger partial charge in [-0.3, -0.25) is 0 Å². The molecule has 0 saturated carbocycles. The van der Waals surface area contributed by atoms with Crippen LogP contribution in [0.4, 0.5) is 0 Å². The molecule has 28 aromatic rings. The van der Waals surface area contributed by atoms with Crippen LogP contribution in [0.25, 0.3) is 254 Å². The predicted octanol–water partition coefficient (Wildman–Crippen LogP) is 33.8. The van der Waals surface area contributed by atoms with Gasteiger partial charge in [-0.15, -0.1) is 11.3 Å². The lowest BCUT2D eigenvalue weighted by molar-refractivity contribution is 0.673. The van der Waals surface area contributed by atoms with Crippen molar-refractivity contribution in [2.24, 2.45) is 0 Å². The zero-order chi connectivity index (χ0) is 91.1. The Balaban J connectivity index is 0.000000113. The molecule has 0 fully saturated rings. The van der Waals surface area contributed by atoms with Gasteiger partial charge < -0.3 is 22.7 Å². The molecule has 0 N–H and O–H groups in total. The van der Waals surface area contributed by atoms with Crippen molar-refractivity contribution in [3.05, 3.63) is 479 Å². The van der Waals surface area contributed by atoms with E-state index in [9.17, 15) is 0 Å². The summed E-state index contributed by atoms with van der Waals surface area (Å²) in [7, 11) is 0. The molecule has 0 saturated heterocycles. The first-order chi connectivity index (χ1) is 68.4. The summed E-state index contributed by atoms with van der Waals surface area (Å²) in [5, 5.41) is 14.7. The van der Waals surface area contributed by atoms with Crippen molar-refractivity contribution < 1.29 is 4.42 Å². The van der Waals surface area contributed by atoms with Crippen molar-refractivity contribution in [2.45, 2.75) is 14.9 Å². The minimum absolute atomic E-state index is 0. The normalized spacial score (nSPS) is 11.5. The van der Waals surface area contributed by atoms with E-state index >= 15 is 0 Å². The van der Waals surface area contributed by atoms with E-state index in [-0.39, 0.29) is 14.9 Å². The highest BCUT2D eigenvalue weighted by Crippen LogP contribution is 2.46. The van der Waals surface area contributed by atoms with Crippen LogP contribution < -0.4 is 0 Å². The Bertz CT molecular complexity index is 9180. The van der Waals surface area contributed by atoms with Crippen LogP contribution >= 0.6 is 11.3 Å². The fourth-order valence-electron chi connectivity index (χ4n) is 19.9. The zero-order valence-electron chi connectivity index (χ0n) is 74.3. The molecular weight excluding hydrogens is 1730 g/mol. The second kappa shape index (κ2) is 35.8. The molecule has 19 aromatic carbocycles. The number of para-hydroxylation sites is 6. The minimum Gasteiger partial charge on any atom is -0.455 e. The Morgan fingerprint density at radius 3 is 0.871 bits per heavy atom. The van der Waals surface area contributed by atoms with Gasteiger partial charge in [-0.2, -0.15) is 0 Å². The van der Waals surface area contributed by atoms with Crippen LogP contribution in [0.1, 0.15) is 14.9 Å². The number of hydrogen-bond donors (Lipinski definition) is 0. The molecule has 0 spiro atoms. The number of fused-ring (bicyclic) bond motifs is 19. The summed E-state index contributed by atoms with van der Waals surface area (Å²) in [6.07, 6.45) is 0. The second-order valence-corrected chi connectivity index (χ2v) is 35.7. The molecule has 28 rings (SSSR count). The largest absolute Gasteiger partial charge is 0.455 e. The summed E-state index contributed by atoms with van der Waals surface area (Å²) in [5.74, 6) is 3.35. The lowest BCUT2D eigenvalue weighted by Gasteiger charge is -2.12. The van der Waals surface area contributed by atoms with Gasteiger partial charge in [0, 0.05) is 141 Å². The fourth-order valence-corrected chi connectivity index (χ4v) is 21.1. The van der Waals surface area contributed by atoms with E-state index < -0.39 is 0 Å². The van der Waals surface area contributed by atoms with Crippen molar-refractivity contribution in [1.29, 1.82) is 0 Å². The Labute approximate surface area is 811 Å². The third kappa shape index (κ3) is 15.0. The number of thiophene rings is 1. The van der Waals surface area contributed by atoms with Crippen molar-refractivity contribution >= 4 is 141 Å². The maximum atomic E-state index is 6.46. The van der Waals surface area contributed by atoms with Crippen LogP contribution in [0.15, 0.2) is 484 Å². The highest BCUT2D eigenvalue weighted by Gasteiger charge is 2.25. The van der Waals surface area contributed by atoms with Gasteiger partial charge in [-0.1, -0.05) is 324 Å². The summed E-state index contributed by atoms with van der Waals surface area (Å²) >= 11 is 1.86. The quantitative estimate of drug-likeness (QED) is 0.112.